The van der Waals surface area contributed by atoms with Crippen LogP contribution in [0.15, 0.2) is 47.5 Å². The Morgan fingerprint density at radius 1 is 1.17 bits per heavy atom. The van der Waals surface area contributed by atoms with E-state index in [0.29, 0.717) is 5.96 Å². The fraction of sp³-hybridized carbons (Fsp3) is 0.364. The highest BCUT2D eigenvalue weighted by Gasteiger charge is 2.19. The minimum Gasteiger partial charge on any atom is -0.353 e. The van der Waals surface area contributed by atoms with Crippen molar-refractivity contribution < 1.29 is 13.6 Å². The molecule has 0 saturated carbocycles. The lowest BCUT2D eigenvalue weighted by molar-refractivity contribution is -0.127. The number of halogens is 2. The number of fused-ring (bicyclic) bond motifs is 1. The average molecular weight is 400 g/mol. The van der Waals surface area contributed by atoms with Gasteiger partial charge in [-0.2, -0.15) is 0 Å². The zero-order valence-corrected chi connectivity index (χ0v) is 16.7. The maximum atomic E-state index is 13.9. The van der Waals surface area contributed by atoms with Gasteiger partial charge in [-0.1, -0.05) is 24.3 Å². The SMILES string of the molecule is CN(C)C(=O)CNC(=NCc1cc(F)ccc1F)NC1CCc2ccccc2C1. The second-order valence-corrected chi connectivity index (χ2v) is 7.40. The van der Waals surface area contributed by atoms with Crippen LogP contribution < -0.4 is 10.6 Å². The molecule has 5 nitrogen and oxygen atoms in total. The van der Waals surface area contributed by atoms with Crippen LogP contribution in [-0.4, -0.2) is 43.4 Å². The van der Waals surface area contributed by atoms with E-state index in [-0.39, 0.29) is 30.6 Å². The van der Waals surface area contributed by atoms with Crippen molar-refractivity contribution in [2.75, 3.05) is 20.6 Å². The molecule has 1 unspecified atom stereocenters. The van der Waals surface area contributed by atoms with Gasteiger partial charge in [0.05, 0.1) is 13.1 Å². The third-order valence-electron chi connectivity index (χ3n) is 5.01. The number of guanidine groups is 1. The van der Waals surface area contributed by atoms with Crippen molar-refractivity contribution in [2.24, 2.45) is 4.99 Å². The first kappa shape index (κ1) is 20.8. The molecule has 2 N–H and O–H groups in total. The molecule has 0 aliphatic heterocycles. The number of aryl methyl sites for hydroxylation is 1. The van der Waals surface area contributed by atoms with Crippen molar-refractivity contribution in [3.8, 4) is 0 Å². The highest BCUT2D eigenvalue weighted by Crippen LogP contribution is 2.21. The highest BCUT2D eigenvalue weighted by molar-refractivity contribution is 5.86. The van der Waals surface area contributed by atoms with Gasteiger partial charge >= 0.3 is 0 Å². The highest BCUT2D eigenvalue weighted by atomic mass is 19.1. The molecule has 0 bridgehead atoms. The molecule has 0 aromatic heterocycles. The molecule has 2 aromatic carbocycles. The lowest BCUT2D eigenvalue weighted by Crippen LogP contribution is -2.48. The monoisotopic (exact) mass is 400 g/mol. The number of carbonyl (C=O) groups is 1. The molecule has 154 valence electrons. The number of likely N-dealkylation sites (N-methyl/N-ethyl adjacent to an activating group) is 1. The summed E-state index contributed by atoms with van der Waals surface area (Å²) in [5, 5.41) is 6.36. The molecule has 1 aliphatic carbocycles. The normalized spacial score (nSPS) is 16.1. The lowest BCUT2D eigenvalue weighted by atomic mass is 9.88. The average Bonchev–Trinajstić information content (AvgIpc) is 2.71. The van der Waals surface area contributed by atoms with Gasteiger partial charge < -0.3 is 15.5 Å². The number of nitrogens with zero attached hydrogens (tertiary/aromatic N) is 2. The van der Waals surface area contributed by atoms with E-state index < -0.39 is 11.6 Å². The van der Waals surface area contributed by atoms with E-state index in [2.05, 4.69) is 27.8 Å². The van der Waals surface area contributed by atoms with E-state index in [1.165, 1.54) is 16.0 Å². The Labute approximate surface area is 169 Å². The number of rotatable bonds is 5. The molecular formula is C22H26F2N4O. The first-order valence-electron chi connectivity index (χ1n) is 9.68. The van der Waals surface area contributed by atoms with Crippen LogP contribution in [0.3, 0.4) is 0 Å². The van der Waals surface area contributed by atoms with Crippen molar-refractivity contribution in [1.82, 2.24) is 15.5 Å². The molecule has 0 fully saturated rings. The van der Waals surface area contributed by atoms with E-state index in [4.69, 9.17) is 0 Å². The van der Waals surface area contributed by atoms with Crippen LogP contribution >= 0.6 is 0 Å². The molecule has 0 saturated heterocycles. The summed E-state index contributed by atoms with van der Waals surface area (Å²) in [7, 11) is 3.35. The van der Waals surface area contributed by atoms with E-state index in [9.17, 15) is 13.6 Å². The fourth-order valence-electron chi connectivity index (χ4n) is 3.31. The smallest absolute Gasteiger partial charge is 0.241 e. The molecule has 7 heteroatoms. The molecule has 3 rings (SSSR count). The molecule has 0 radical (unpaired) electrons. The number of aliphatic imine (C=N–C) groups is 1. The predicted molar refractivity (Wildman–Crippen MR) is 110 cm³/mol. The van der Waals surface area contributed by atoms with Crippen LogP contribution in [0.4, 0.5) is 8.78 Å². The van der Waals surface area contributed by atoms with Crippen molar-refractivity contribution in [2.45, 2.75) is 31.8 Å². The van der Waals surface area contributed by atoms with E-state index in [1.54, 1.807) is 14.1 Å². The summed E-state index contributed by atoms with van der Waals surface area (Å²) in [5.74, 6) is -0.713. The molecule has 0 heterocycles. The van der Waals surface area contributed by atoms with Crippen LogP contribution in [-0.2, 0) is 24.2 Å². The van der Waals surface area contributed by atoms with Gasteiger partial charge in [-0.3, -0.25) is 4.79 Å². The Balaban J connectivity index is 1.72. The van der Waals surface area contributed by atoms with Gasteiger partial charge in [0.15, 0.2) is 5.96 Å². The number of hydrogen-bond acceptors (Lipinski definition) is 2. The number of hydrogen-bond donors (Lipinski definition) is 2. The summed E-state index contributed by atoms with van der Waals surface area (Å²) in [5.41, 5.74) is 2.80. The zero-order valence-electron chi connectivity index (χ0n) is 16.7. The Morgan fingerprint density at radius 3 is 2.69 bits per heavy atom. The number of amides is 1. The van der Waals surface area contributed by atoms with Gasteiger partial charge in [0.1, 0.15) is 11.6 Å². The summed E-state index contributed by atoms with van der Waals surface area (Å²) in [4.78, 5) is 17.8. The second-order valence-electron chi connectivity index (χ2n) is 7.40. The number of carbonyl (C=O) groups excluding carboxylic acids is 1. The first-order chi connectivity index (χ1) is 13.9. The van der Waals surface area contributed by atoms with Crippen LogP contribution in [0.25, 0.3) is 0 Å². The topological polar surface area (TPSA) is 56.7 Å². The quantitative estimate of drug-likeness (QED) is 0.599. The van der Waals surface area contributed by atoms with Gasteiger partial charge in [0.25, 0.3) is 0 Å². The van der Waals surface area contributed by atoms with E-state index >= 15 is 0 Å². The minimum atomic E-state index is -0.509. The Morgan fingerprint density at radius 2 is 1.93 bits per heavy atom. The van der Waals surface area contributed by atoms with E-state index in [1.807, 2.05) is 12.1 Å². The van der Waals surface area contributed by atoms with Gasteiger partial charge in [0.2, 0.25) is 5.91 Å². The first-order valence-corrected chi connectivity index (χ1v) is 9.68. The third-order valence-corrected chi connectivity index (χ3v) is 5.01. The number of benzene rings is 2. The summed E-state index contributed by atoms with van der Waals surface area (Å²) >= 11 is 0. The van der Waals surface area contributed by atoms with Crippen LogP contribution in [0.2, 0.25) is 0 Å². The summed E-state index contributed by atoms with van der Waals surface area (Å²) in [6.07, 6.45) is 2.72. The van der Waals surface area contributed by atoms with Gasteiger partial charge in [-0.05, 0) is 48.6 Å². The second kappa shape index (κ2) is 9.49. The Hall–Kier alpha value is -2.96. The van der Waals surface area contributed by atoms with Gasteiger partial charge in [0, 0.05) is 25.7 Å². The summed E-state index contributed by atoms with van der Waals surface area (Å²) < 4.78 is 27.4. The molecule has 1 amide bonds. The molecule has 29 heavy (non-hydrogen) atoms. The molecule has 2 aromatic rings. The molecule has 0 spiro atoms. The van der Waals surface area contributed by atoms with Crippen molar-refractivity contribution in [3.05, 3.63) is 70.8 Å². The van der Waals surface area contributed by atoms with Crippen molar-refractivity contribution in [3.63, 3.8) is 0 Å². The molecular weight excluding hydrogens is 374 g/mol. The lowest BCUT2D eigenvalue weighted by Gasteiger charge is -2.27. The molecule has 1 aliphatic rings. The standard InChI is InChI=1S/C22H26F2N4O/c1-28(2)21(29)14-26-22(25-13-17-11-18(23)8-10-20(17)24)27-19-9-7-15-5-3-4-6-16(15)12-19/h3-6,8,10-11,19H,7,9,12-14H2,1-2H3,(H2,25,26,27). The summed E-state index contributed by atoms with van der Waals surface area (Å²) in [6.45, 7) is 0.0339. The van der Waals surface area contributed by atoms with Crippen LogP contribution in [0.1, 0.15) is 23.1 Å². The van der Waals surface area contributed by atoms with Crippen LogP contribution in [0.5, 0.6) is 0 Å². The number of nitrogens with one attached hydrogen (secondary N) is 2. The Bertz CT molecular complexity index is 898. The largest absolute Gasteiger partial charge is 0.353 e. The van der Waals surface area contributed by atoms with Crippen molar-refractivity contribution >= 4 is 11.9 Å². The van der Waals surface area contributed by atoms with Crippen molar-refractivity contribution in [1.29, 1.82) is 0 Å². The maximum Gasteiger partial charge on any atom is 0.241 e. The predicted octanol–water partition coefficient (Wildman–Crippen LogP) is 2.65. The molecule has 1 atom stereocenters. The van der Waals surface area contributed by atoms with Gasteiger partial charge in [-0.15, -0.1) is 0 Å². The fourth-order valence-corrected chi connectivity index (χ4v) is 3.31. The summed E-state index contributed by atoms with van der Waals surface area (Å²) in [6, 6.07) is 11.8. The minimum absolute atomic E-state index is 0.0294. The van der Waals surface area contributed by atoms with Gasteiger partial charge in [-0.25, -0.2) is 13.8 Å². The third kappa shape index (κ3) is 5.76. The Kier molecular flexibility index (Phi) is 6.80. The van der Waals surface area contributed by atoms with E-state index in [0.717, 1.165) is 37.5 Å². The zero-order chi connectivity index (χ0) is 20.8. The maximum absolute atomic E-state index is 13.9. The van der Waals surface area contributed by atoms with Crippen LogP contribution in [0, 0.1) is 11.6 Å².